The minimum Gasteiger partial charge on any atom is -0.462 e. The second-order valence-corrected chi connectivity index (χ2v) is 5.44. The van der Waals surface area contributed by atoms with E-state index < -0.39 is 0 Å². The smallest absolute Gasteiger partial charge is 0.343 e. The number of anilines is 1. The first kappa shape index (κ1) is 14.3. The molecule has 106 valence electrons. The fourth-order valence-electron chi connectivity index (χ4n) is 2.27. The standard InChI is InChI=1S/C13H21N3O2S/c1-3-18-13(17)11-10(2)15-19-12(11)14-6-9-16-7-4-5-8-16/h14H,3-9H2,1-2H3. The Hall–Kier alpha value is -1.14. The number of esters is 1. The molecule has 0 saturated carbocycles. The predicted octanol–water partition coefficient (Wildman–Crippen LogP) is 2.14. The van der Waals surface area contributed by atoms with Gasteiger partial charge < -0.3 is 15.0 Å². The van der Waals surface area contributed by atoms with Crippen LogP contribution in [-0.2, 0) is 4.74 Å². The van der Waals surface area contributed by atoms with Crippen LogP contribution in [0.3, 0.4) is 0 Å². The maximum atomic E-state index is 11.9. The van der Waals surface area contributed by atoms with E-state index in [9.17, 15) is 4.79 Å². The summed E-state index contributed by atoms with van der Waals surface area (Å²) in [5.41, 5.74) is 1.33. The van der Waals surface area contributed by atoms with Crippen molar-refractivity contribution in [1.29, 1.82) is 0 Å². The summed E-state index contributed by atoms with van der Waals surface area (Å²) in [4.78, 5) is 14.3. The zero-order valence-corrected chi connectivity index (χ0v) is 12.4. The maximum Gasteiger partial charge on any atom is 0.343 e. The summed E-state index contributed by atoms with van der Waals surface area (Å²) in [6.45, 7) is 8.28. The quantitative estimate of drug-likeness (QED) is 0.811. The van der Waals surface area contributed by atoms with Gasteiger partial charge in [-0.3, -0.25) is 0 Å². The number of rotatable bonds is 6. The molecule has 0 atom stereocenters. The molecular formula is C13H21N3O2S. The number of ether oxygens (including phenoxy) is 1. The van der Waals surface area contributed by atoms with Gasteiger partial charge in [-0.2, -0.15) is 4.37 Å². The zero-order chi connectivity index (χ0) is 13.7. The van der Waals surface area contributed by atoms with Crippen molar-refractivity contribution < 1.29 is 9.53 Å². The van der Waals surface area contributed by atoms with Gasteiger partial charge in [0.25, 0.3) is 0 Å². The molecule has 5 nitrogen and oxygen atoms in total. The molecule has 2 heterocycles. The molecule has 1 saturated heterocycles. The highest BCUT2D eigenvalue weighted by Crippen LogP contribution is 2.25. The predicted molar refractivity (Wildman–Crippen MR) is 77.0 cm³/mol. The van der Waals surface area contributed by atoms with Crippen LogP contribution < -0.4 is 5.32 Å². The average Bonchev–Trinajstić information content (AvgIpc) is 3.00. The van der Waals surface area contributed by atoms with Gasteiger partial charge in [0.2, 0.25) is 0 Å². The van der Waals surface area contributed by atoms with E-state index in [1.165, 1.54) is 37.5 Å². The average molecular weight is 283 g/mol. The van der Waals surface area contributed by atoms with E-state index in [0.717, 1.165) is 23.8 Å². The van der Waals surface area contributed by atoms with Gasteiger partial charge in [-0.05, 0) is 51.3 Å². The summed E-state index contributed by atoms with van der Waals surface area (Å²) in [6, 6.07) is 0. The van der Waals surface area contributed by atoms with Crippen LogP contribution in [0.1, 0.15) is 35.8 Å². The number of carbonyl (C=O) groups excluding carboxylic acids is 1. The highest BCUT2D eigenvalue weighted by atomic mass is 32.1. The Morgan fingerprint density at radius 3 is 2.89 bits per heavy atom. The lowest BCUT2D eigenvalue weighted by Crippen LogP contribution is -2.26. The first-order valence-corrected chi connectivity index (χ1v) is 7.59. The Morgan fingerprint density at radius 2 is 2.21 bits per heavy atom. The molecule has 0 aromatic carbocycles. The van der Waals surface area contributed by atoms with Crippen molar-refractivity contribution in [3.63, 3.8) is 0 Å². The molecule has 1 aromatic rings. The summed E-state index contributed by atoms with van der Waals surface area (Å²) < 4.78 is 9.30. The van der Waals surface area contributed by atoms with Gasteiger partial charge in [-0.15, -0.1) is 0 Å². The minimum absolute atomic E-state index is 0.280. The lowest BCUT2D eigenvalue weighted by atomic mass is 10.2. The Bertz CT molecular complexity index is 428. The van der Waals surface area contributed by atoms with Crippen molar-refractivity contribution in [2.45, 2.75) is 26.7 Å². The summed E-state index contributed by atoms with van der Waals surface area (Å²) in [6.07, 6.45) is 2.60. The number of hydrogen-bond acceptors (Lipinski definition) is 6. The fourth-order valence-corrected chi connectivity index (χ4v) is 3.08. The molecule has 1 aromatic heterocycles. The van der Waals surface area contributed by atoms with Crippen LogP contribution in [0, 0.1) is 6.92 Å². The van der Waals surface area contributed by atoms with Crippen LogP contribution >= 0.6 is 11.5 Å². The van der Waals surface area contributed by atoms with E-state index in [4.69, 9.17) is 4.74 Å². The number of nitrogens with one attached hydrogen (secondary N) is 1. The number of aryl methyl sites for hydroxylation is 1. The lowest BCUT2D eigenvalue weighted by Gasteiger charge is -2.15. The van der Waals surface area contributed by atoms with Crippen LogP contribution in [0.5, 0.6) is 0 Å². The summed E-state index contributed by atoms with van der Waals surface area (Å²) >= 11 is 1.33. The monoisotopic (exact) mass is 283 g/mol. The van der Waals surface area contributed by atoms with E-state index in [2.05, 4.69) is 14.6 Å². The van der Waals surface area contributed by atoms with E-state index >= 15 is 0 Å². The van der Waals surface area contributed by atoms with Crippen molar-refractivity contribution in [2.24, 2.45) is 0 Å². The Labute approximate surface area is 118 Å². The van der Waals surface area contributed by atoms with E-state index in [1.54, 1.807) is 0 Å². The van der Waals surface area contributed by atoms with Gasteiger partial charge in [-0.1, -0.05) is 0 Å². The fraction of sp³-hybridized carbons (Fsp3) is 0.692. The first-order chi connectivity index (χ1) is 9.22. The Morgan fingerprint density at radius 1 is 1.47 bits per heavy atom. The molecule has 0 unspecified atom stereocenters. The largest absolute Gasteiger partial charge is 0.462 e. The van der Waals surface area contributed by atoms with Gasteiger partial charge in [0.15, 0.2) is 0 Å². The minimum atomic E-state index is -0.280. The van der Waals surface area contributed by atoms with Crippen LogP contribution in [0.4, 0.5) is 5.00 Å². The van der Waals surface area contributed by atoms with Gasteiger partial charge in [0, 0.05) is 13.1 Å². The normalized spacial score (nSPS) is 15.7. The lowest BCUT2D eigenvalue weighted by molar-refractivity contribution is 0.0527. The van der Waals surface area contributed by atoms with Gasteiger partial charge in [-0.25, -0.2) is 4.79 Å². The van der Waals surface area contributed by atoms with Crippen LogP contribution in [0.25, 0.3) is 0 Å². The summed E-state index contributed by atoms with van der Waals surface area (Å²) in [7, 11) is 0. The molecular weight excluding hydrogens is 262 g/mol. The number of aromatic nitrogens is 1. The zero-order valence-electron chi connectivity index (χ0n) is 11.6. The Balaban J connectivity index is 1.90. The van der Waals surface area contributed by atoms with Crippen molar-refractivity contribution in [3.05, 3.63) is 11.3 Å². The molecule has 1 aliphatic rings. The van der Waals surface area contributed by atoms with Gasteiger partial charge >= 0.3 is 5.97 Å². The van der Waals surface area contributed by atoms with Crippen LogP contribution in [-0.4, -0.2) is 48.0 Å². The first-order valence-electron chi connectivity index (χ1n) is 6.82. The molecule has 6 heteroatoms. The number of carbonyl (C=O) groups is 1. The van der Waals surface area contributed by atoms with Crippen molar-refractivity contribution in [2.75, 3.05) is 38.1 Å². The van der Waals surface area contributed by atoms with Gasteiger partial charge in [0.1, 0.15) is 10.6 Å². The van der Waals surface area contributed by atoms with Crippen molar-refractivity contribution >= 4 is 22.5 Å². The summed E-state index contributed by atoms with van der Waals surface area (Å²) in [5.74, 6) is -0.280. The van der Waals surface area contributed by atoms with Crippen LogP contribution in [0.2, 0.25) is 0 Å². The third-order valence-electron chi connectivity index (χ3n) is 3.25. The molecule has 1 aliphatic heterocycles. The number of hydrogen-bond donors (Lipinski definition) is 1. The second kappa shape index (κ2) is 6.86. The highest BCUT2D eigenvalue weighted by Gasteiger charge is 2.19. The molecule has 0 radical (unpaired) electrons. The maximum absolute atomic E-state index is 11.9. The molecule has 1 N–H and O–H groups in total. The third kappa shape index (κ3) is 3.67. The van der Waals surface area contributed by atoms with E-state index in [1.807, 2.05) is 13.8 Å². The molecule has 19 heavy (non-hydrogen) atoms. The van der Waals surface area contributed by atoms with Crippen LogP contribution in [0.15, 0.2) is 0 Å². The molecule has 2 rings (SSSR count). The third-order valence-corrected chi connectivity index (χ3v) is 4.15. The van der Waals surface area contributed by atoms with E-state index in [0.29, 0.717) is 12.2 Å². The molecule has 1 fully saturated rings. The summed E-state index contributed by atoms with van der Waals surface area (Å²) in [5, 5.41) is 4.14. The highest BCUT2D eigenvalue weighted by molar-refractivity contribution is 7.10. The molecule has 0 aliphatic carbocycles. The molecule has 0 bridgehead atoms. The van der Waals surface area contributed by atoms with Gasteiger partial charge in [0.05, 0.1) is 12.3 Å². The van der Waals surface area contributed by atoms with Crippen molar-refractivity contribution in [3.8, 4) is 0 Å². The SMILES string of the molecule is CCOC(=O)c1c(C)nsc1NCCN1CCCC1. The topological polar surface area (TPSA) is 54.5 Å². The van der Waals surface area contributed by atoms with E-state index in [-0.39, 0.29) is 5.97 Å². The number of nitrogens with zero attached hydrogens (tertiary/aromatic N) is 2. The second-order valence-electron chi connectivity index (χ2n) is 4.67. The number of likely N-dealkylation sites (tertiary alicyclic amines) is 1. The molecule has 0 amide bonds. The van der Waals surface area contributed by atoms with Crippen molar-refractivity contribution in [1.82, 2.24) is 9.27 Å². The Kier molecular flexibility index (Phi) is 5.15. The molecule has 0 spiro atoms.